The largest absolute Gasteiger partial charge is 0.481 e. The lowest BCUT2D eigenvalue weighted by atomic mass is 10.0. The first-order valence-electron chi connectivity index (χ1n) is 13.1. The predicted molar refractivity (Wildman–Crippen MR) is 146 cm³/mol. The number of fused-ring (bicyclic) bond motifs is 1. The van der Waals surface area contributed by atoms with Gasteiger partial charge in [0.25, 0.3) is 0 Å². The molecule has 0 radical (unpaired) electrons. The maximum Gasteiger partial charge on any atom is 0.481 e. The Morgan fingerprint density at radius 1 is 1.07 bits per heavy atom. The van der Waals surface area contributed by atoms with E-state index in [2.05, 4.69) is 19.3 Å². The van der Waals surface area contributed by atoms with Crippen molar-refractivity contribution in [3.05, 3.63) is 36.7 Å². The van der Waals surface area contributed by atoms with E-state index >= 15 is 0 Å². The molecule has 0 bridgehead atoms. The molecule has 2 aromatic heterocycles. The number of carbonyl (C=O) groups is 1. The molecule has 45 heavy (non-hydrogen) atoms. The van der Waals surface area contributed by atoms with Crippen molar-refractivity contribution in [1.29, 1.82) is 0 Å². The number of carbonyl (C=O) groups excluding carboxylic acids is 1. The first kappa shape index (κ1) is 33.5. The van der Waals surface area contributed by atoms with E-state index in [0.717, 1.165) is 6.33 Å². The van der Waals surface area contributed by atoms with Gasteiger partial charge in [0.2, 0.25) is 5.91 Å². The molecule has 2 aromatic rings. The van der Waals surface area contributed by atoms with E-state index in [9.17, 15) is 44.1 Å². The highest BCUT2D eigenvalue weighted by atomic mass is 31.3. The van der Waals surface area contributed by atoms with Crippen molar-refractivity contribution in [2.45, 2.75) is 61.9 Å². The molecule has 3 aliphatic heterocycles. The number of primary amides is 1. The number of nitrogens with two attached hydrogens (primary N) is 2. The molecule has 5 heterocycles. The molecule has 10 atom stereocenters. The van der Waals surface area contributed by atoms with Gasteiger partial charge in [-0.2, -0.15) is 4.31 Å². The van der Waals surface area contributed by atoms with E-state index < -0.39 is 83.3 Å². The molecule has 1 amide bonds. The average molecular weight is 679 g/mol. The summed E-state index contributed by atoms with van der Waals surface area (Å²) in [6.45, 7) is -0.432. The highest BCUT2D eigenvalue weighted by molar-refractivity contribution is 7.61. The Bertz CT molecular complexity index is 1610. The lowest BCUT2D eigenvalue weighted by molar-refractivity contribution is -0.144. The van der Waals surface area contributed by atoms with E-state index in [-0.39, 0.29) is 29.0 Å². The first-order valence-corrected chi connectivity index (χ1v) is 16.1. The maximum atomic E-state index is 12.5. The summed E-state index contributed by atoms with van der Waals surface area (Å²) >= 11 is 0. The second-order valence-electron chi connectivity index (χ2n) is 10.4. The van der Waals surface area contributed by atoms with Gasteiger partial charge in [-0.25, -0.2) is 24.1 Å². The van der Waals surface area contributed by atoms with Gasteiger partial charge in [-0.05, 0) is 13.3 Å². The van der Waals surface area contributed by atoms with Gasteiger partial charge in [-0.1, -0.05) is 6.08 Å². The van der Waals surface area contributed by atoms with Gasteiger partial charge >= 0.3 is 15.6 Å². The number of imidazole rings is 1. The number of nitrogens with zero attached hydrogens (tertiary/aromatic N) is 5. The first-order chi connectivity index (χ1) is 21.0. The van der Waals surface area contributed by atoms with Crippen LogP contribution < -0.4 is 11.5 Å². The lowest BCUT2D eigenvalue weighted by Gasteiger charge is -2.38. The van der Waals surface area contributed by atoms with Crippen LogP contribution in [-0.2, 0) is 36.8 Å². The smallest absolute Gasteiger partial charge is 0.387 e. The van der Waals surface area contributed by atoms with Crippen LogP contribution in [0.3, 0.4) is 0 Å². The average Bonchev–Trinajstić information content (AvgIpc) is 3.60. The second kappa shape index (κ2) is 12.4. The molecular weight excluding hydrogens is 648 g/mol. The number of aromatic nitrogens is 4. The summed E-state index contributed by atoms with van der Waals surface area (Å²) in [5, 5.41) is 42.1. The minimum Gasteiger partial charge on any atom is -0.387 e. The molecule has 0 saturated carbocycles. The Morgan fingerprint density at radius 2 is 1.73 bits per heavy atom. The van der Waals surface area contributed by atoms with Crippen LogP contribution in [0.15, 0.2) is 36.7 Å². The minimum absolute atomic E-state index is 0.0509. The zero-order valence-electron chi connectivity index (χ0n) is 23.3. The topological polar surface area (TPSA) is 318 Å². The van der Waals surface area contributed by atoms with Gasteiger partial charge in [-0.3, -0.25) is 18.4 Å². The standard InChI is InChI=1S/C22H31N7O14P2/c1-22(28-4-2-3-10(5-28)19(24)34)17(33)15(31)12(42-22)7-40-45(37,38)43-44(35,36)39-6-11-14(30)16(32)21(41-11)29-9-27-13-18(23)25-8-26-20(13)29/h2,4-5,8-9,11-12,14-17,21,30-33H,3,6-7H2,1H3,(H2,24,34)(H,35,36)(H,37,38)(H2,23,25,26)/t11-,12-,14?,15?,16?,17?,21-,22-/m1/s1. The summed E-state index contributed by atoms with van der Waals surface area (Å²) in [5.74, 6) is -0.664. The number of hydrogen-bond donors (Lipinski definition) is 8. The Balaban J connectivity index is 1.17. The second-order valence-corrected chi connectivity index (χ2v) is 13.4. The highest BCUT2D eigenvalue weighted by Crippen LogP contribution is 2.61. The van der Waals surface area contributed by atoms with Crippen molar-refractivity contribution < 1.29 is 67.0 Å². The van der Waals surface area contributed by atoms with Gasteiger partial charge in [0.1, 0.15) is 48.5 Å². The molecule has 0 spiro atoms. The minimum atomic E-state index is -5.38. The Kier molecular flexibility index (Phi) is 9.21. The van der Waals surface area contributed by atoms with Gasteiger partial charge < -0.3 is 56.1 Å². The van der Waals surface area contributed by atoms with Crippen molar-refractivity contribution in [1.82, 2.24) is 24.4 Å². The number of ether oxygens (including phenoxy) is 2. The molecule has 10 N–H and O–H groups in total. The van der Waals surface area contributed by atoms with E-state index in [4.69, 9.17) is 30.0 Å². The summed E-state index contributed by atoms with van der Waals surface area (Å²) in [5.41, 5.74) is 9.94. The predicted octanol–water partition coefficient (Wildman–Crippen LogP) is -2.30. The van der Waals surface area contributed by atoms with E-state index in [1.807, 2.05) is 0 Å². The van der Waals surface area contributed by atoms with Crippen molar-refractivity contribution in [3.63, 3.8) is 0 Å². The Morgan fingerprint density at radius 3 is 2.40 bits per heavy atom. The van der Waals surface area contributed by atoms with Crippen LogP contribution in [0.4, 0.5) is 5.82 Å². The molecule has 2 saturated heterocycles. The fourth-order valence-corrected chi connectivity index (χ4v) is 7.07. The number of nitrogen functional groups attached to an aromatic ring is 1. The van der Waals surface area contributed by atoms with Crippen LogP contribution >= 0.6 is 15.6 Å². The number of rotatable bonds is 11. The third kappa shape index (κ3) is 6.67. The molecule has 2 fully saturated rings. The Hall–Kier alpha value is -2.88. The quantitative estimate of drug-likeness (QED) is 0.116. The third-order valence-corrected chi connectivity index (χ3v) is 9.98. The van der Waals surface area contributed by atoms with Crippen LogP contribution in [0.1, 0.15) is 19.6 Å². The number of phosphoric ester groups is 2. The van der Waals surface area contributed by atoms with Crippen molar-refractivity contribution >= 4 is 38.5 Å². The number of amides is 1. The Labute approximate surface area is 253 Å². The molecule has 0 aliphatic carbocycles. The normalized spacial score (nSPS) is 34.5. The fraction of sp³-hybridized carbons (Fsp3) is 0.545. The van der Waals surface area contributed by atoms with E-state index in [1.54, 1.807) is 6.08 Å². The van der Waals surface area contributed by atoms with Crippen LogP contribution in [-0.4, -0.2) is 116 Å². The SMILES string of the molecule is C[C@@]1(N2C=CCC(C(N)=O)=C2)O[C@H](COP(=O)(O)OP(=O)(O)OC[C@H]2O[C@@H](n3cnc4c(N)ncnc43)C(O)C2O)C(O)C1O. The summed E-state index contributed by atoms with van der Waals surface area (Å²) in [6.07, 6.45) is -3.76. The molecule has 21 nitrogen and oxygen atoms in total. The fourth-order valence-electron chi connectivity index (χ4n) is 4.98. The number of aliphatic hydroxyl groups is 4. The van der Waals surface area contributed by atoms with Crippen LogP contribution in [0.2, 0.25) is 0 Å². The summed E-state index contributed by atoms with van der Waals surface area (Å²) < 4.78 is 51.2. The number of aliphatic hydroxyl groups excluding tert-OH is 4. The molecule has 5 rings (SSSR count). The molecule has 3 aliphatic rings. The number of anilines is 1. The summed E-state index contributed by atoms with van der Waals surface area (Å²) in [7, 11) is -10.8. The van der Waals surface area contributed by atoms with E-state index in [1.165, 1.54) is 35.1 Å². The van der Waals surface area contributed by atoms with Gasteiger partial charge in [0.15, 0.2) is 23.4 Å². The van der Waals surface area contributed by atoms with Crippen molar-refractivity contribution in [2.75, 3.05) is 18.9 Å². The number of phosphoric acid groups is 2. The number of allylic oxidation sites excluding steroid dienone is 1. The van der Waals surface area contributed by atoms with E-state index in [0.29, 0.717) is 0 Å². The zero-order chi connectivity index (χ0) is 32.9. The van der Waals surface area contributed by atoms with Crippen LogP contribution in [0.5, 0.6) is 0 Å². The summed E-state index contributed by atoms with van der Waals surface area (Å²) in [4.78, 5) is 44.9. The van der Waals surface area contributed by atoms with Crippen molar-refractivity contribution in [3.8, 4) is 0 Å². The third-order valence-electron chi connectivity index (χ3n) is 7.38. The summed E-state index contributed by atoms with van der Waals surface area (Å²) in [6, 6.07) is 0. The molecule has 6 unspecified atom stereocenters. The molecular formula is C22H31N7O14P2. The molecule has 248 valence electrons. The van der Waals surface area contributed by atoms with Crippen LogP contribution in [0.25, 0.3) is 11.2 Å². The zero-order valence-corrected chi connectivity index (χ0v) is 25.1. The molecule has 23 heteroatoms. The van der Waals surface area contributed by atoms with Gasteiger partial charge in [-0.15, -0.1) is 0 Å². The highest BCUT2D eigenvalue weighted by Gasteiger charge is 2.55. The number of hydrogen-bond acceptors (Lipinski definition) is 17. The van der Waals surface area contributed by atoms with Gasteiger partial charge in [0, 0.05) is 18.0 Å². The van der Waals surface area contributed by atoms with Crippen LogP contribution in [0, 0.1) is 0 Å². The van der Waals surface area contributed by atoms with Gasteiger partial charge in [0.05, 0.1) is 19.5 Å². The maximum absolute atomic E-state index is 12.5. The van der Waals surface area contributed by atoms with Crippen molar-refractivity contribution in [2.24, 2.45) is 5.73 Å². The lowest BCUT2D eigenvalue weighted by Crippen LogP contribution is -2.51. The molecule has 0 aromatic carbocycles. The monoisotopic (exact) mass is 679 g/mol.